The molecule has 0 aliphatic rings. The average Bonchev–Trinajstić information content (AvgIpc) is 2.64. The van der Waals surface area contributed by atoms with Gasteiger partial charge in [-0.1, -0.05) is 19.9 Å². The Labute approximate surface area is 107 Å². The van der Waals surface area contributed by atoms with Gasteiger partial charge in [-0.25, -0.2) is 4.79 Å². The van der Waals surface area contributed by atoms with Crippen molar-refractivity contribution < 1.29 is 9.53 Å². The van der Waals surface area contributed by atoms with Gasteiger partial charge in [-0.15, -0.1) is 0 Å². The monoisotopic (exact) mass is 245 g/mol. The normalized spacial score (nSPS) is 11.2. The largest absolute Gasteiger partial charge is 0.465 e. The number of carbonyl (C=O) groups excluding carboxylic acids is 1. The minimum Gasteiger partial charge on any atom is -0.465 e. The molecule has 0 amide bonds. The zero-order valence-corrected chi connectivity index (χ0v) is 11.4. The van der Waals surface area contributed by atoms with Gasteiger partial charge in [-0.2, -0.15) is 0 Å². The minimum atomic E-state index is -0.285. The molecule has 1 aromatic carbocycles. The highest BCUT2D eigenvalue weighted by molar-refractivity contribution is 5.94. The molecule has 0 fully saturated rings. The number of benzene rings is 1. The van der Waals surface area contributed by atoms with E-state index in [2.05, 4.69) is 31.4 Å². The number of esters is 1. The highest BCUT2D eigenvalue weighted by Gasteiger charge is 2.11. The predicted octanol–water partition coefficient (Wildman–Crippen LogP) is 3.39. The van der Waals surface area contributed by atoms with Gasteiger partial charge >= 0.3 is 5.97 Å². The summed E-state index contributed by atoms with van der Waals surface area (Å²) >= 11 is 0. The lowest BCUT2D eigenvalue weighted by molar-refractivity contribution is 0.0601. The zero-order chi connectivity index (χ0) is 13.3. The van der Waals surface area contributed by atoms with Crippen LogP contribution < -0.4 is 0 Å². The van der Waals surface area contributed by atoms with E-state index < -0.39 is 0 Å². The summed E-state index contributed by atoms with van der Waals surface area (Å²) in [7, 11) is 1.41. The number of aryl methyl sites for hydroxylation is 1. The van der Waals surface area contributed by atoms with Gasteiger partial charge in [0.1, 0.15) is 0 Å². The van der Waals surface area contributed by atoms with Crippen LogP contribution in [-0.2, 0) is 11.3 Å². The molecule has 2 aromatic rings. The van der Waals surface area contributed by atoms with Crippen LogP contribution in [0, 0.1) is 12.8 Å². The lowest BCUT2D eigenvalue weighted by Gasteiger charge is -2.11. The van der Waals surface area contributed by atoms with Crippen LogP contribution in [0.2, 0.25) is 0 Å². The maximum Gasteiger partial charge on any atom is 0.337 e. The first kappa shape index (κ1) is 12.7. The second-order valence-corrected chi connectivity index (χ2v) is 5.06. The maximum absolute atomic E-state index is 11.6. The van der Waals surface area contributed by atoms with E-state index in [1.54, 1.807) is 0 Å². The predicted molar refractivity (Wildman–Crippen MR) is 72.9 cm³/mol. The molecule has 0 unspecified atom stereocenters. The number of nitrogens with zero attached hydrogens (tertiary/aromatic N) is 1. The number of hydrogen-bond donors (Lipinski definition) is 0. The van der Waals surface area contributed by atoms with E-state index in [-0.39, 0.29) is 5.97 Å². The average molecular weight is 245 g/mol. The summed E-state index contributed by atoms with van der Waals surface area (Å²) in [5.41, 5.74) is 2.93. The molecule has 96 valence electrons. The summed E-state index contributed by atoms with van der Waals surface area (Å²) in [6.45, 7) is 7.44. The van der Waals surface area contributed by atoms with E-state index >= 15 is 0 Å². The Hall–Kier alpha value is -1.77. The maximum atomic E-state index is 11.6. The van der Waals surface area contributed by atoms with Crippen LogP contribution in [0.4, 0.5) is 0 Å². The molecule has 0 spiro atoms. The summed E-state index contributed by atoms with van der Waals surface area (Å²) < 4.78 is 7.02. The lowest BCUT2D eigenvalue weighted by Crippen LogP contribution is -2.06. The van der Waals surface area contributed by atoms with Gasteiger partial charge in [-0.05, 0) is 36.4 Å². The molecule has 0 saturated carbocycles. The van der Waals surface area contributed by atoms with Crippen LogP contribution in [0.3, 0.4) is 0 Å². The van der Waals surface area contributed by atoms with Crippen molar-refractivity contribution >= 4 is 16.9 Å². The third-order valence-corrected chi connectivity index (χ3v) is 3.08. The van der Waals surface area contributed by atoms with Gasteiger partial charge in [0.2, 0.25) is 0 Å². The van der Waals surface area contributed by atoms with Crippen molar-refractivity contribution in [2.24, 2.45) is 5.92 Å². The quantitative estimate of drug-likeness (QED) is 0.776. The first-order chi connectivity index (χ1) is 8.52. The third kappa shape index (κ3) is 2.26. The Balaban J connectivity index is 2.55. The minimum absolute atomic E-state index is 0.285. The van der Waals surface area contributed by atoms with Crippen molar-refractivity contribution in [2.75, 3.05) is 7.11 Å². The van der Waals surface area contributed by atoms with Crippen molar-refractivity contribution in [3.8, 4) is 0 Å². The van der Waals surface area contributed by atoms with E-state index in [1.165, 1.54) is 18.2 Å². The number of ether oxygens (including phenoxy) is 1. The summed E-state index contributed by atoms with van der Waals surface area (Å²) in [5.74, 6) is 0.285. The Morgan fingerprint density at radius 3 is 2.67 bits per heavy atom. The van der Waals surface area contributed by atoms with Crippen molar-refractivity contribution in [3.05, 3.63) is 35.5 Å². The lowest BCUT2D eigenvalue weighted by atomic mass is 10.1. The molecule has 0 radical (unpaired) electrons. The first-order valence-corrected chi connectivity index (χ1v) is 6.21. The molecule has 1 aromatic heterocycles. The van der Waals surface area contributed by atoms with Crippen LogP contribution in [0.15, 0.2) is 24.3 Å². The van der Waals surface area contributed by atoms with Gasteiger partial charge in [0.15, 0.2) is 0 Å². The van der Waals surface area contributed by atoms with Crippen molar-refractivity contribution in [1.29, 1.82) is 0 Å². The standard InChI is InChI=1S/C15H19NO2/c1-10(2)9-16-11(3)7-12-5-6-13(8-14(12)16)15(17)18-4/h5-8,10H,9H2,1-4H3. The molecule has 0 N–H and O–H groups in total. The van der Waals surface area contributed by atoms with Crippen LogP contribution in [0.25, 0.3) is 10.9 Å². The number of rotatable bonds is 3. The summed E-state index contributed by atoms with van der Waals surface area (Å²) in [6, 6.07) is 7.86. The molecule has 0 atom stereocenters. The molecule has 1 heterocycles. The summed E-state index contributed by atoms with van der Waals surface area (Å²) in [6.07, 6.45) is 0. The molecule has 0 saturated heterocycles. The Morgan fingerprint density at radius 1 is 1.33 bits per heavy atom. The van der Waals surface area contributed by atoms with Gasteiger partial charge in [0, 0.05) is 17.8 Å². The Bertz CT molecular complexity index is 581. The van der Waals surface area contributed by atoms with E-state index in [9.17, 15) is 4.79 Å². The summed E-state index contributed by atoms with van der Waals surface area (Å²) in [4.78, 5) is 11.6. The van der Waals surface area contributed by atoms with Crippen LogP contribution >= 0.6 is 0 Å². The second-order valence-electron chi connectivity index (χ2n) is 5.06. The first-order valence-electron chi connectivity index (χ1n) is 6.21. The topological polar surface area (TPSA) is 31.2 Å². The van der Waals surface area contributed by atoms with Crippen molar-refractivity contribution in [3.63, 3.8) is 0 Å². The molecule has 0 bridgehead atoms. The molecule has 0 aliphatic carbocycles. The van der Waals surface area contributed by atoms with Gasteiger partial charge in [0.25, 0.3) is 0 Å². The Morgan fingerprint density at radius 2 is 2.06 bits per heavy atom. The van der Waals surface area contributed by atoms with Crippen LogP contribution in [-0.4, -0.2) is 17.6 Å². The van der Waals surface area contributed by atoms with Crippen LogP contribution in [0.5, 0.6) is 0 Å². The number of hydrogen-bond acceptors (Lipinski definition) is 2. The molecular formula is C15H19NO2. The molecule has 18 heavy (non-hydrogen) atoms. The molecular weight excluding hydrogens is 226 g/mol. The fourth-order valence-electron chi connectivity index (χ4n) is 2.24. The third-order valence-electron chi connectivity index (χ3n) is 3.08. The van der Waals surface area contributed by atoms with E-state index in [4.69, 9.17) is 4.74 Å². The van der Waals surface area contributed by atoms with Crippen molar-refractivity contribution in [1.82, 2.24) is 4.57 Å². The number of carbonyl (C=O) groups is 1. The number of fused-ring (bicyclic) bond motifs is 1. The van der Waals surface area contributed by atoms with Gasteiger partial charge < -0.3 is 9.30 Å². The van der Waals surface area contributed by atoms with Crippen molar-refractivity contribution in [2.45, 2.75) is 27.3 Å². The number of methoxy groups -OCH3 is 1. The van der Waals surface area contributed by atoms with E-state index in [0.717, 1.165) is 12.1 Å². The smallest absolute Gasteiger partial charge is 0.337 e. The van der Waals surface area contributed by atoms with E-state index in [1.807, 2.05) is 18.2 Å². The zero-order valence-electron chi connectivity index (χ0n) is 11.4. The number of aromatic nitrogens is 1. The molecule has 3 nitrogen and oxygen atoms in total. The molecule has 0 aliphatic heterocycles. The Kier molecular flexibility index (Phi) is 3.41. The highest BCUT2D eigenvalue weighted by Crippen LogP contribution is 2.22. The second kappa shape index (κ2) is 4.84. The SMILES string of the molecule is COC(=O)c1ccc2cc(C)n(CC(C)C)c2c1. The molecule has 3 heteroatoms. The van der Waals surface area contributed by atoms with E-state index in [0.29, 0.717) is 11.5 Å². The molecule has 2 rings (SSSR count). The highest BCUT2D eigenvalue weighted by atomic mass is 16.5. The van der Waals surface area contributed by atoms with Gasteiger partial charge in [-0.3, -0.25) is 0 Å². The fourth-order valence-corrected chi connectivity index (χ4v) is 2.24. The fraction of sp³-hybridized carbons (Fsp3) is 0.400. The summed E-state index contributed by atoms with van der Waals surface area (Å²) in [5, 5.41) is 1.17. The van der Waals surface area contributed by atoms with Crippen LogP contribution in [0.1, 0.15) is 29.9 Å². The van der Waals surface area contributed by atoms with Gasteiger partial charge in [0.05, 0.1) is 12.7 Å².